The van der Waals surface area contributed by atoms with Crippen molar-refractivity contribution < 1.29 is 13.5 Å². The third kappa shape index (κ3) is 5.03. The molecule has 0 radical (unpaired) electrons. The first-order chi connectivity index (χ1) is 9.58. The number of hydrogen-bond acceptors (Lipinski definition) is 2. The van der Waals surface area contributed by atoms with E-state index in [2.05, 4.69) is 9.73 Å². The van der Waals surface area contributed by atoms with Crippen molar-refractivity contribution in [3.63, 3.8) is 0 Å². The van der Waals surface area contributed by atoms with Gasteiger partial charge in [0.2, 0.25) is 0 Å². The van der Waals surface area contributed by atoms with E-state index in [1.807, 2.05) is 18.7 Å². The van der Waals surface area contributed by atoms with Gasteiger partial charge in [0.1, 0.15) is 5.75 Å². The highest BCUT2D eigenvalue weighted by atomic mass is 19.3. The average Bonchev–Trinajstić information content (AvgIpc) is 2.41. The zero-order valence-electron chi connectivity index (χ0n) is 11.9. The van der Waals surface area contributed by atoms with Gasteiger partial charge in [-0.1, -0.05) is 18.2 Å². The van der Waals surface area contributed by atoms with E-state index in [9.17, 15) is 8.78 Å². The Kier molecular flexibility index (Phi) is 6.76. The normalized spacial score (nSPS) is 11.8. The monoisotopic (exact) mass is 285 g/mol. The minimum atomic E-state index is -2.82. The Hall–Kier alpha value is -1.85. The SMILES string of the molecule is CCN(CC)C(N)=NCCc1ccccc1OC(F)F. The molecule has 4 nitrogen and oxygen atoms in total. The fraction of sp³-hybridized carbons (Fsp3) is 0.500. The van der Waals surface area contributed by atoms with E-state index in [0.717, 1.165) is 13.1 Å². The molecule has 0 aliphatic heterocycles. The molecule has 0 fully saturated rings. The molecule has 1 aromatic rings. The highest BCUT2D eigenvalue weighted by molar-refractivity contribution is 5.78. The van der Waals surface area contributed by atoms with E-state index in [-0.39, 0.29) is 5.75 Å². The Morgan fingerprint density at radius 1 is 1.30 bits per heavy atom. The second-order valence-electron chi connectivity index (χ2n) is 4.15. The largest absolute Gasteiger partial charge is 0.435 e. The molecule has 2 N–H and O–H groups in total. The first-order valence-corrected chi connectivity index (χ1v) is 6.66. The molecule has 20 heavy (non-hydrogen) atoms. The van der Waals surface area contributed by atoms with E-state index >= 15 is 0 Å². The molecule has 0 heterocycles. The summed E-state index contributed by atoms with van der Waals surface area (Å²) in [5.41, 5.74) is 6.54. The van der Waals surface area contributed by atoms with Crippen LogP contribution < -0.4 is 10.5 Å². The summed E-state index contributed by atoms with van der Waals surface area (Å²) < 4.78 is 29.0. The van der Waals surface area contributed by atoms with Gasteiger partial charge in [-0.25, -0.2) is 0 Å². The molecule has 6 heteroatoms. The van der Waals surface area contributed by atoms with Crippen LogP contribution in [0.3, 0.4) is 0 Å². The van der Waals surface area contributed by atoms with Crippen molar-refractivity contribution >= 4 is 5.96 Å². The van der Waals surface area contributed by atoms with E-state index in [1.54, 1.807) is 18.2 Å². The first kappa shape index (κ1) is 16.2. The number of hydrogen-bond donors (Lipinski definition) is 1. The van der Waals surface area contributed by atoms with Crippen molar-refractivity contribution in [1.29, 1.82) is 0 Å². The quantitative estimate of drug-likeness (QED) is 0.618. The fourth-order valence-electron chi connectivity index (χ4n) is 1.86. The lowest BCUT2D eigenvalue weighted by molar-refractivity contribution is -0.0504. The van der Waals surface area contributed by atoms with E-state index in [0.29, 0.717) is 24.5 Å². The summed E-state index contributed by atoms with van der Waals surface area (Å²) >= 11 is 0. The van der Waals surface area contributed by atoms with Crippen molar-refractivity contribution in [2.24, 2.45) is 10.7 Å². The smallest absolute Gasteiger partial charge is 0.387 e. The van der Waals surface area contributed by atoms with Crippen LogP contribution in [0.1, 0.15) is 19.4 Å². The van der Waals surface area contributed by atoms with Crippen LogP contribution in [-0.2, 0) is 6.42 Å². The van der Waals surface area contributed by atoms with Crippen LogP contribution in [0.2, 0.25) is 0 Å². The number of benzene rings is 1. The van der Waals surface area contributed by atoms with Crippen LogP contribution in [0, 0.1) is 0 Å². The van der Waals surface area contributed by atoms with Crippen LogP contribution >= 0.6 is 0 Å². The molecule has 0 amide bonds. The highest BCUT2D eigenvalue weighted by Gasteiger charge is 2.09. The molecule has 0 bridgehead atoms. The molecule has 112 valence electrons. The Morgan fingerprint density at radius 3 is 2.55 bits per heavy atom. The van der Waals surface area contributed by atoms with Gasteiger partial charge in [0.15, 0.2) is 5.96 Å². The van der Waals surface area contributed by atoms with Gasteiger partial charge in [-0.2, -0.15) is 8.78 Å². The molecule has 1 aromatic carbocycles. The molecule has 0 saturated heterocycles. The van der Waals surface area contributed by atoms with Gasteiger partial charge in [0, 0.05) is 19.6 Å². The standard InChI is InChI=1S/C14H21F2N3O/c1-3-19(4-2)14(17)18-10-9-11-7-5-6-8-12(11)20-13(15)16/h5-8,13H,3-4,9-10H2,1-2H3,(H2,17,18). The number of aliphatic imine (C=N–C) groups is 1. The molecule has 0 spiro atoms. The number of rotatable bonds is 7. The molecular weight excluding hydrogens is 264 g/mol. The topological polar surface area (TPSA) is 50.8 Å². The van der Waals surface area contributed by atoms with Gasteiger partial charge in [-0.15, -0.1) is 0 Å². The minimum Gasteiger partial charge on any atom is -0.435 e. The van der Waals surface area contributed by atoms with E-state index in [4.69, 9.17) is 5.73 Å². The maximum atomic E-state index is 12.3. The second-order valence-corrected chi connectivity index (χ2v) is 4.15. The predicted molar refractivity (Wildman–Crippen MR) is 76.2 cm³/mol. The third-order valence-corrected chi connectivity index (χ3v) is 2.93. The Bertz CT molecular complexity index is 434. The van der Waals surface area contributed by atoms with E-state index < -0.39 is 6.61 Å². The first-order valence-electron chi connectivity index (χ1n) is 6.66. The van der Waals surface area contributed by atoms with E-state index in [1.165, 1.54) is 6.07 Å². The highest BCUT2D eigenvalue weighted by Crippen LogP contribution is 2.20. The number of guanidine groups is 1. The zero-order chi connectivity index (χ0) is 15.0. The summed E-state index contributed by atoms with van der Waals surface area (Å²) in [4.78, 5) is 6.19. The van der Waals surface area contributed by atoms with Gasteiger partial charge in [-0.3, -0.25) is 4.99 Å². The number of ether oxygens (including phenoxy) is 1. The lowest BCUT2D eigenvalue weighted by atomic mass is 10.1. The summed E-state index contributed by atoms with van der Waals surface area (Å²) in [6.45, 7) is 3.19. The molecule has 0 saturated carbocycles. The molecule has 0 atom stereocenters. The summed E-state index contributed by atoms with van der Waals surface area (Å²) in [5, 5.41) is 0. The van der Waals surface area contributed by atoms with Crippen LogP contribution in [0.4, 0.5) is 8.78 Å². The molecule has 0 aromatic heterocycles. The van der Waals surface area contributed by atoms with Crippen molar-refractivity contribution in [1.82, 2.24) is 4.90 Å². The Morgan fingerprint density at radius 2 is 1.95 bits per heavy atom. The van der Waals surface area contributed by atoms with Crippen LogP contribution in [-0.4, -0.2) is 37.1 Å². The zero-order valence-corrected chi connectivity index (χ0v) is 11.9. The maximum Gasteiger partial charge on any atom is 0.387 e. The number of nitrogens with two attached hydrogens (primary N) is 1. The van der Waals surface area contributed by atoms with Crippen LogP contribution in [0.15, 0.2) is 29.3 Å². The lowest BCUT2D eigenvalue weighted by Gasteiger charge is -2.19. The fourth-order valence-corrected chi connectivity index (χ4v) is 1.86. The van der Waals surface area contributed by atoms with Gasteiger partial charge in [0.25, 0.3) is 0 Å². The summed E-state index contributed by atoms with van der Waals surface area (Å²) in [6.07, 6.45) is 0.505. The van der Waals surface area contributed by atoms with Crippen molar-refractivity contribution in [2.45, 2.75) is 26.9 Å². The van der Waals surface area contributed by atoms with Gasteiger partial charge < -0.3 is 15.4 Å². The lowest BCUT2D eigenvalue weighted by Crippen LogP contribution is -2.37. The molecule has 0 aliphatic rings. The predicted octanol–water partition coefficient (Wildman–Crippen LogP) is 2.49. The van der Waals surface area contributed by atoms with Crippen LogP contribution in [0.25, 0.3) is 0 Å². The number of nitrogens with zero attached hydrogens (tertiary/aromatic N) is 2. The van der Waals surface area contributed by atoms with Gasteiger partial charge >= 0.3 is 6.61 Å². The maximum absolute atomic E-state index is 12.3. The van der Waals surface area contributed by atoms with Crippen molar-refractivity contribution in [3.8, 4) is 5.75 Å². The molecular formula is C14H21F2N3O. The van der Waals surface area contributed by atoms with Crippen molar-refractivity contribution in [3.05, 3.63) is 29.8 Å². The van der Waals surface area contributed by atoms with Gasteiger partial charge in [-0.05, 0) is 31.9 Å². The number of halogens is 2. The van der Waals surface area contributed by atoms with Gasteiger partial charge in [0.05, 0.1) is 0 Å². The Labute approximate surface area is 118 Å². The average molecular weight is 285 g/mol. The third-order valence-electron chi connectivity index (χ3n) is 2.93. The molecule has 1 rings (SSSR count). The summed E-state index contributed by atoms with van der Waals surface area (Å²) in [6, 6.07) is 6.72. The minimum absolute atomic E-state index is 0.194. The van der Waals surface area contributed by atoms with Crippen LogP contribution in [0.5, 0.6) is 5.75 Å². The molecule has 0 aliphatic carbocycles. The summed E-state index contributed by atoms with van der Waals surface area (Å²) in [7, 11) is 0. The number of alkyl halides is 2. The Balaban J connectivity index is 2.63. The molecule has 0 unspecified atom stereocenters. The summed E-state index contributed by atoms with van der Waals surface area (Å²) in [5.74, 6) is 0.668. The number of para-hydroxylation sites is 1. The second kappa shape index (κ2) is 8.35. The van der Waals surface area contributed by atoms with Crippen molar-refractivity contribution in [2.75, 3.05) is 19.6 Å².